The zero-order chi connectivity index (χ0) is 65.2. The first-order valence-corrected chi connectivity index (χ1v) is 33.4. The molecule has 0 spiro atoms. The minimum absolute atomic E-state index is 0.189. The summed E-state index contributed by atoms with van der Waals surface area (Å²) >= 11 is 6.33. The average molecular weight is 1290 g/mol. The third-order valence-electron chi connectivity index (χ3n) is 19.5. The fourth-order valence-electron chi connectivity index (χ4n) is 14.9. The summed E-state index contributed by atoms with van der Waals surface area (Å²) in [5.41, 5.74) is 23.0. The highest BCUT2D eigenvalue weighted by Gasteiger charge is 2.25. The predicted octanol–water partition coefficient (Wildman–Crippen LogP) is 24.5. The summed E-state index contributed by atoms with van der Waals surface area (Å²) in [7, 11) is 0. The lowest BCUT2D eigenvalue weighted by molar-refractivity contribution is 0.666. The molecule has 0 radical (unpaired) electrons. The molecule has 7 heterocycles. The molecule has 0 unspecified atom stereocenters. The van der Waals surface area contributed by atoms with E-state index in [1.165, 1.54) is 43.8 Å². The van der Waals surface area contributed by atoms with Gasteiger partial charge in [-0.2, -0.15) is 0 Å². The molecule has 14 aromatic carbocycles. The Morgan fingerprint density at radius 1 is 0.273 bits per heavy atom. The van der Waals surface area contributed by atoms with Crippen LogP contribution in [0.3, 0.4) is 0 Å². The van der Waals surface area contributed by atoms with E-state index in [9.17, 15) is 0 Å². The molecule has 464 valence electrons. The van der Waals surface area contributed by atoms with E-state index >= 15 is 0 Å². The van der Waals surface area contributed by atoms with Crippen molar-refractivity contribution in [3.63, 3.8) is 0 Å². The van der Waals surface area contributed by atoms with Gasteiger partial charge < -0.3 is 17.7 Å². The van der Waals surface area contributed by atoms with Gasteiger partial charge in [-0.1, -0.05) is 243 Å². The lowest BCUT2D eigenvalue weighted by Crippen LogP contribution is -2.02. The smallest absolute Gasteiger partial charge is 0.236 e. The van der Waals surface area contributed by atoms with E-state index in [-0.39, 0.29) is 5.28 Å². The van der Waals surface area contributed by atoms with Gasteiger partial charge in [0.05, 0.1) is 11.0 Å². The van der Waals surface area contributed by atoms with Gasteiger partial charge >= 0.3 is 0 Å². The predicted molar refractivity (Wildman–Crippen MR) is 404 cm³/mol. The van der Waals surface area contributed by atoms with Crippen molar-refractivity contribution in [3.05, 3.63) is 320 Å². The third-order valence-corrected chi connectivity index (χ3v) is 19.7. The molecule has 21 aromatic rings. The first-order chi connectivity index (χ1) is 49.0. The molecular formula is C89H52ClN5O4. The number of hydrogen-bond acceptors (Lipinski definition) is 8. The molecule has 0 saturated heterocycles. The summed E-state index contributed by atoms with van der Waals surface area (Å²) < 4.78 is 27.7. The van der Waals surface area contributed by atoms with E-state index in [0.717, 1.165) is 139 Å². The molecule has 1 aliphatic carbocycles. The van der Waals surface area contributed by atoms with E-state index in [1.54, 1.807) is 0 Å². The molecular weight excluding hydrogens is 1240 g/mol. The van der Waals surface area contributed by atoms with E-state index < -0.39 is 0 Å². The first-order valence-electron chi connectivity index (χ1n) is 33.0. The van der Waals surface area contributed by atoms with Crippen LogP contribution in [-0.4, -0.2) is 24.5 Å². The summed E-state index contributed by atoms with van der Waals surface area (Å²) in [5.74, 6) is 0.598. The van der Waals surface area contributed by atoms with Crippen LogP contribution >= 0.6 is 11.6 Å². The number of nitrogens with zero attached hydrogens (tertiary/aromatic N) is 5. The molecule has 0 aliphatic heterocycles. The van der Waals surface area contributed by atoms with Crippen LogP contribution in [0.15, 0.2) is 321 Å². The van der Waals surface area contributed by atoms with Crippen molar-refractivity contribution in [2.24, 2.45) is 0 Å². The van der Waals surface area contributed by atoms with Crippen molar-refractivity contribution >= 4 is 143 Å². The number of furan rings is 4. The molecule has 0 atom stereocenters. The Kier molecular flexibility index (Phi) is 12.9. The molecule has 9 nitrogen and oxygen atoms in total. The molecule has 22 rings (SSSR count). The highest BCUT2D eigenvalue weighted by molar-refractivity contribution is 6.29. The molecule has 0 bridgehead atoms. The Bertz CT molecular complexity index is 6860. The van der Waals surface area contributed by atoms with Crippen LogP contribution in [0.1, 0.15) is 11.1 Å². The van der Waals surface area contributed by atoms with Crippen molar-refractivity contribution in [2.45, 2.75) is 6.42 Å². The lowest BCUT2D eigenvalue weighted by Gasteiger charge is -2.10. The molecule has 1 aliphatic rings. The number of para-hydroxylation sites is 5. The molecule has 10 heteroatoms. The number of benzene rings is 14. The summed E-state index contributed by atoms with van der Waals surface area (Å²) in [6.07, 6.45) is 1.08. The van der Waals surface area contributed by atoms with Gasteiger partial charge in [-0.05, 0) is 134 Å². The van der Waals surface area contributed by atoms with Crippen molar-refractivity contribution in [2.75, 3.05) is 0 Å². The second-order valence-electron chi connectivity index (χ2n) is 25.2. The van der Waals surface area contributed by atoms with Gasteiger partial charge in [0.15, 0.2) is 11.2 Å². The summed E-state index contributed by atoms with van der Waals surface area (Å²) in [6, 6.07) is 105. The van der Waals surface area contributed by atoms with Crippen molar-refractivity contribution in [1.29, 1.82) is 0 Å². The summed E-state index contributed by atoms with van der Waals surface area (Å²) in [4.78, 5) is 19.6. The van der Waals surface area contributed by atoms with Crippen LogP contribution < -0.4 is 0 Å². The normalized spacial score (nSPS) is 12.1. The fourth-order valence-corrected chi connectivity index (χ4v) is 15.1. The molecule has 0 fully saturated rings. The van der Waals surface area contributed by atoms with Crippen LogP contribution in [0.4, 0.5) is 0 Å². The Labute approximate surface area is 569 Å². The Balaban J connectivity index is 0.000000113. The number of hydrogen-bond donors (Lipinski definition) is 0. The minimum Gasteiger partial charge on any atom is -0.455 e. The van der Waals surface area contributed by atoms with Crippen molar-refractivity contribution in [3.8, 4) is 61.8 Å². The van der Waals surface area contributed by atoms with Crippen LogP contribution in [0.5, 0.6) is 0 Å². The summed E-state index contributed by atoms with van der Waals surface area (Å²) in [6.45, 7) is 0. The van der Waals surface area contributed by atoms with Gasteiger partial charge in [0.25, 0.3) is 0 Å². The number of fused-ring (bicyclic) bond motifs is 20. The van der Waals surface area contributed by atoms with Gasteiger partial charge in [0.2, 0.25) is 11.2 Å². The zero-order valence-electron chi connectivity index (χ0n) is 52.8. The lowest BCUT2D eigenvalue weighted by atomic mass is 10.0. The van der Waals surface area contributed by atoms with Crippen LogP contribution in [0.2, 0.25) is 5.28 Å². The SMILES string of the molecule is Clc1nc(-c2ccccc2)c2oc3ccc(-c4cccc5c4oc4ccccc45)cc3c2n1.c1ccc(-c2nc(-n3c4ccccc4c4cc5ccccc5cc43)nc3c2oc2ccc(-c4cccc5c4oc4ccccc45)cc23)cc1.c1ccc2c(c1)Cc1cc3ccccc3cc1-2. The van der Waals surface area contributed by atoms with E-state index in [1.807, 2.05) is 97.1 Å². The molecule has 99 heavy (non-hydrogen) atoms. The van der Waals surface area contributed by atoms with Gasteiger partial charge in [-0.25, -0.2) is 19.9 Å². The quantitative estimate of drug-likeness (QED) is 0.157. The Hall–Kier alpha value is -13.0. The van der Waals surface area contributed by atoms with E-state index in [0.29, 0.717) is 28.3 Å². The first kappa shape index (κ1) is 56.4. The summed E-state index contributed by atoms with van der Waals surface area (Å²) in [5, 5.41) is 13.8. The van der Waals surface area contributed by atoms with Gasteiger partial charge in [0, 0.05) is 65.3 Å². The highest BCUT2D eigenvalue weighted by atomic mass is 35.5. The van der Waals surface area contributed by atoms with E-state index in [4.69, 9.17) is 39.2 Å². The minimum atomic E-state index is 0.189. The molecule has 0 N–H and O–H groups in total. The largest absolute Gasteiger partial charge is 0.455 e. The number of aromatic nitrogens is 5. The van der Waals surface area contributed by atoms with Gasteiger partial charge in [0.1, 0.15) is 55.9 Å². The highest BCUT2D eigenvalue weighted by Crippen LogP contribution is 2.45. The van der Waals surface area contributed by atoms with Gasteiger partial charge in [-0.15, -0.1) is 0 Å². The number of halogens is 1. The molecule has 0 saturated carbocycles. The van der Waals surface area contributed by atoms with Crippen molar-refractivity contribution < 1.29 is 17.7 Å². The number of rotatable bonds is 5. The maximum Gasteiger partial charge on any atom is 0.236 e. The average Bonchev–Trinajstić information content (AvgIpc) is 1.59. The van der Waals surface area contributed by atoms with Crippen LogP contribution in [0, 0.1) is 0 Å². The maximum absolute atomic E-state index is 6.61. The topological polar surface area (TPSA) is 109 Å². The standard InChI is InChI=1S/C44H25N3O2.C28H15ClN2O2.C17H12/c1-2-11-26(12-3-1)40-43-41(35-24-29(21-22-39(35)49-43)30-17-10-18-33-32-16-7-9-20-38(32)48-42(30)33)46-44(45-40)47-36-19-8-6-15-31(36)34-23-27-13-4-5-14-28(27)25-37(34)47;29-28-30-24(16-7-2-1-3-8-16)27-25(31-28)21-15-17(13-14-23(21)33-27)18-10-6-11-20-19-9-4-5-12-22(19)32-26(18)20;1-2-6-13-11-17-15(9-12(13)5-1)10-14-7-3-4-8-16(14)17/h1-25H;1-15H;1-9,11H,10H2. The van der Waals surface area contributed by atoms with E-state index in [2.05, 4.69) is 221 Å². The molecule has 0 amide bonds. The Morgan fingerprint density at radius 3 is 1.36 bits per heavy atom. The van der Waals surface area contributed by atoms with Crippen LogP contribution in [0.25, 0.3) is 193 Å². The second-order valence-corrected chi connectivity index (χ2v) is 25.6. The zero-order valence-corrected chi connectivity index (χ0v) is 53.6. The Morgan fingerprint density at radius 2 is 0.737 bits per heavy atom. The van der Waals surface area contributed by atoms with Crippen LogP contribution in [-0.2, 0) is 6.42 Å². The fraction of sp³-hybridized carbons (Fsp3) is 0.0112. The monoisotopic (exact) mass is 1290 g/mol. The second kappa shape index (κ2) is 22.6. The third kappa shape index (κ3) is 9.31. The van der Waals surface area contributed by atoms with Gasteiger partial charge in [-0.3, -0.25) is 4.57 Å². The van der Waals surface area contributed by atoms with Crippen molar-refractivity contribution in [1.82, 2.24) is 24.5 Å². The molecule has 7 aromatic heterocycles. The maximum atomic E-state index is 6.61.